The maximum atomic E-state index is 8.43. The van der Waals surface area contributed by atoms with Crippen LogP contribution >= 0.6 is 11.6 Å². The monoisotopic (exact) mass is 267 g/mol. The fourth-order valence-corrected chi connectivity index (χ4v) is 1.68. The number of alkyl halides is 1. The molecule has 98 valence electrons. The fourth-order valence-electron chi connectivity index (χ4n) is 1.51. The lowest BCUT2D eigenvalue weighted by Gasteiger charge is -2.12. The third-order valence-electron chi connectivity index (χ3n) is 2.40. The second-order valence-corrected chi connectivity index (χ2v) is 4.08. The van der Waals surface area contributed by atoms with Crippen molar-refractivity contribution in [1.29, 1.82) is 5.26 Å². The van der Waals surface area contributed by atoms with E-state index in [9.17, 15) is 0 Å². The Morgan fingerprint density at radius 2 is 2.06 bits per heavy atom. The molecule has 4 heteroatoms. The van der Waals surface area contributed by atoms with Gasteiger partial charge in [-0.05, 0) is 37.5 Å². The standard InChI is InChI=1S/C14H18ClNO2/c1-2-17-14-10-12(11-15)6-7-13(14)18-9-5-3-4-8-16/h6-7,10H,2-5,9,11H2,1H3. The minimum Gasteiger partial charge on any atom is -0.490 e. The summed E-state index contributed by atoms with van der Waals surface area (Å²) in [6.45, 7) is 3.13. The second-order valence-electron chi connectivity index (χ2n) is 3.81. The lowest BCUT2D eigenvalue weighted by Crippen LogP contribution is -2.01. The molecule has 0 spiro atoms. The third-order valence-corrected chi connectivity index (χ3v) is 2.71. The summed E-state index contributed by atoms with van der Waals surface area (Å²) >= 11 is 5.79. The van der Waals surface area contributed by atoms with Gasteiger partial charge in [-0.2, -0.15) is 5.26 Å². The van der Waals surface area contributed by atoms with Crippen molar-refractivity contribution in [3.8, 4) is 17.6 Å². The van der Waals surface area contributed by atoms with Crippen LogP contribution in [0, 0.1) is 11.3 Å². The second kappa shape index (κ2) is 8.66. The van der Waals surface area contributed by atoms with E-state index in [1.807, 2.05) is 25.1 Å². The topological polar surface area (TPSA) is 42.2 Å². The zero-order valence-electron chi connectivity index (χ0n) is 10.6. The maximum absolute atomic E-state index is 8.43. The highest BCUT2D eigenvalue weighted by Gasteiger charge is 2.06. The number of hydrogen-bond donors (Lipinski definition) is 0. The summed E-state index contributed by atoms with van der Waals surface area (Å²) in [5.74, 6) is 1.93. The molecule has 1 rings (SSSR count). The average Bonchev–Trinajstić information content (AvgIpc) is 2.40. The van der Waals surface area contributed by atoms with Crippen molar-refractivity contribution in [2.24, 2.45) is 0 Å². The Labute approximate surface area is 113 Å². The van der Waals surface area contributed by atoms with Crippen LogP contribution in [0.3, 0.4) is 0 Å². The molecular formula is C14H18ClNO2. The Morgan fingerprint density at radius 1 is 1.22 bits per heavy atom. The molecule has 0 bridgehead atoms. The molecule has 0 radical (unpaired) electrons. The number of hydrogen-bond acceptors (Lipinski definition) is 3. The number of halogens is 1. The molecule has 0 aliphatic heterocycles. The number of rotatable bonds is 8. The molecule has 0 heterocycles. The minimum atomic E-state index is 0.461. The molecule has 0 atom stereocenters. The van der Waals surface area contributed by atoms with E-state index in [0.29, 0.717) is 25.5 Å². The summed E-state index contributed by atoms with van der Waals surface area (Å²) < 4.78 is 11.2. The van der Waals surface area contributed by atoms with Gasteiger partial charge in [0.15, 0.2) is 11.5 Å². The molecule has 1 aromatic rings. The molecule has 0 aliphatic rings. The van der Waals surface area contributed by atoms with Crippen molar-refractivity contribution >= 4 is 11.6 Å². The lowest BCUT2D eigenvalue weighted by molar-refractivity contribution is 0.271. The first-order valence-corrected chi connectivity index (χ1v) is 6.66. The maximum Gasteiger partial charge on any atom is 0.161 e. The summed E-state index contributed by atoms with van der Waals surface area (Å²) in [6.07, 6.45) is 2.31. The van der Waals surface area contributed by atoms with Crippen LogP contribution in [0.25, 0.3) is 0 Å². The summed E-state index contributed by atoms with van der Waals surface area (Å²) in [5, 5.41) is 8.43. The molecule has 0 aliphatic carbocycles. The first-order chi connectivity index (χ1) is 8.81. The van der Waals surface area contributed by atoms with Crippen LogP contribution in [0.4, 0.5) is 0 Å². The number of ether oxygens (including phenoxy) is 2. The zero-order chi connectivity index (χ0) is 13.2. The molecule has 18 heavy (non-hydrogen) atoms. The van der Waals surface area contributed by atoms with Gasteiger partial charge >= 0.3 is 0 Å². The first-order valence-electron chi connectivity index (χ1n) is 6.13. The molecule has 0 saturated carbocycles. The summed E-state index contributed by atoms with van der Waals surface area (Å²) in [5.41, 5.74) is 1.01. The molecule has 1 aromatic carbocycles. The van der Waals surface area contributed by atoms with E-state index in [2.05, 4.69) is 6.07 Å². The van der Waals surface area contributed by atoms with Gasteiger partial charge in [-0.25, -0.2) is 0 Å². The zero-order valence-corrected chi connectivity index (χ0v) is 11.4. The summed E-state index contributed by atoms with van der Waals surface area (Å²) in [4.78, 5) is 0. The highest BCUT2D eigenvalue weighted by molar-refractivity contribution is 6.17. The molecule has 0 fully saturated rings. The molecule has 0 N–H and O–H groups in total. The molecule has 0 unspecified atom stereocenters. The van der Waals surface area contributed by atoms with Crippen molar-refractivity contribution in [2.45, 2.75) is 32.1 Å². The number of nitrogens with zero attached hydrogens (tertiary/aromatic N) is 1. The molecular weight excluding hydrogens is 250 g/mol. The Kier molecular flexibility index (Phi) is 7.05. The van der Waals surface area contributed by atoms with E-state index in [0.717, 1.165) is 29.9 Å². The van der Waals surface area contributed by atoms with Gasteiger partial charge in [0, 0.05) is 12.3 Å². The Hall–Kier alpha value is -1.40. The molecule has 0 aromatic heterocycles. The minimum absolute atomic E-state index is 0.461. The van der Waals surface area contributed by atoms with Gasteiger partial charge in [0.1, 0.15) is 0 Å². The third kappa shape index (κ3) is 4.85. The van der Waals surface area contributed by atoms with E-state index in [1.165, 1.54) is 0 Å². The predicted octanol–water partition coefficient (Wildman–Crippen LogP) is 3.90. The van der Waals surface area contributed by atoms with E-state index < -0.39 is 0 Å². The SMILES string of the molecule is CCOc1cc(CCl)ccc1OCCCCC#N. The smallest absolute Gasteiger partial charge is 0.161 e. The highest BCUT2D eigenvalue weighted by Crippen LogP contribution is 2.29. The van der Waals surface area contributed by atoms with Gasteiger partial charge in [-0.3, -0.25) is 0 Å². The van der Waals surface area contributed by atoms with Crippen molar-refractivity contribution in [3.63, 3.8) is 0 Å². The predicted molar refractivity (Wildman–Crippen MR) is 72.1 cm³/mol. The summed E-state index contributed by atoms with van der Waals surface area (Å²) in [6, 6.07) is 7.83. The van der Waals surface area contributed by atoms with E-state index in [-0.39, 0.29) is 0 Å². The van der Waals surface area contributed by atoms with Gasteiger partial charge in [0.25, 0.3) is 0 Å². The first kappa shape index (κ1) is 14.7. The quantitative estimate of drug-likeness (QED) is 0.530. The van der Waals surface area contributed by atoms with Crippen LogP contribution in [0.2, 0.25) is 0 Å². The van der Waals surface area contributed by atoms with Crippen LogP contribution < -0.4 is 9.47 Å². The van der Waals surface area contributed by atoms with Crippen LogP contribution in [0.5, 0.6) is 11.5 Å². The summed E-state index contributed by atoms with van der Waals surface area (Å²) in [7, 11) is 0. The average molecular weight is 268 g/mol. The van der Waals surface area contributed by atoms with Crippen LogP contribution in [0.1, 0.15) is 31.7 Å². The molecule has 3 nitrogen and oxygen atoms in total. The van der Waals surface area contributed by atoms with Crippen LogP contribution in [-0.4, -0.2) is 13.2 Å². The number of unbranched alkanes of at least 4 members (excludes halogenated alkanes) is 2. The van der Waals surface area contributed by atoms with Crippen LogP contribution in [0.15, 0.2) is 18.2 Å². The van der Waals surface area contributed by atoms with Crippen LogP contribution in [-0.2, 0) is 5.88 Å². The lowest BCUT2D eigenvalue weighted by atomic mass is 10.2. The normalized spacial score (nSPS) is 9.83. The van der Waals surface area contributed by atoms with Gasteiger partial charge in [-0.15, -0.1) is 11.6 Å². The fraction of sp³-hybridized carbons (Fsp3) is 0.500. The van der Waals surface area contributed by atoms with Gasteiger partial charge in [0.2, 0.25) is 0 Å². The Balaban J connectivity index is 2.55. The van der Waals surface area contributed by atoms with Gasteiger partial charge < -0.3 is 9.47 Å². The van der Waals surface area contributed by atoms with Crippen molar-refractivity contribution in [2.75, 3.05) is 13.2 Å². The van der Waals surface area contributed by atoms with E-state index >= 15 is 0 Å². The number of benzene rings is 1. The number of nitriles is 1. The van der Waals surface area contributed by atoms with E-state index in [4.69, 9.17) is 26.3 Å². The molecule has 0 amide bonds. The van der Waals surface area contributed by atoms with Crippen molar-refractivity contribution in [3.05, 3.63) is 23.8 Å². The Bertz CT molecular complexity index is 401. The van der Waals surface area contributed by atoms with Gasteiger partial charge in [0.05, 0.1) is 19.3 Å². The van der Waals surface area contributed by atoms with Gasteiger partial charge in [-0.1, -0.05) is 6.07 Å². The molecule has 0 saturated heterocycles. The Morgan fingerprint density at radius 3 is 2.72 bits per heavy atom. The van der Waals surface area contributed by atoms with E-state index in [1.54, 1.807) is 0 Å². The highest BCUT2D eigenvalue weighted by atomic mass is 35.5. The largest absolute Gasteiger partial charge is 0.490 e. The van der Waals surface area contributed by atoms with Crippen molar-refractivity contribution in [1.82, 2.24) is 0 Å². The van der Waals surface area contributed by atoms with Crippen molar-refractivity contribution < 1.29 is 9.47 Å².